The Kier molecular flexibility index (Phi) is 7.98. The molecule has 1 aliphatic rings. The van der Waals surface area contributed by atoms with Gasteiger partial charge in [0.25, 0.3) is 5.91 Å². The van der Waals surface area contributed by atoms with Gasteiger partial charge in [-0.2, -0.15) is 5.26 Å². The highest BCUT2D eigenvalue weighted by Crippen LogP contribution is 2.21. The first kappa shape index (κ1) is 22.3. The molecule has 0 saturated carbocycles. The zero-order valence-corrected chi connectivity index (χ0v) is 17.6. The fourth-order valence-corrected chi connectivity index (χ4v) is 4.82. The number of hydrogen-bond acceptors (Lipinski definition) is 5. The molecule has 1 aromatic rings. The van der Waals surface area contributed by atoms with E-state index in [2.05, 4.69) is 28.8 Å². The summed E-state index contributed by atoms with van der Waals surface area (Å²) in [6.45, 7) is 9.47. The van der Waals surface area contributed by atoms with E-state index < -0.39 is 10.0 Å². The van der Waals surface area contributed by atoms with Crippen molar-refractivity contribution in [2.24, 2.45) is 11.8 Å². The van der Waals surface area contributed by atoms with E-state index in [0.717, 1.165) is 19.6 Å². The van der Waals surface area contributed by atoms with Crippen LogP contribution in [0.25, 0.3) is 0 Å². The first-order valence-electron chi connectivity index (χ1n) is 9.71. The lowest BCUT2D eigenvalue weighted by molar-refractivity contribution is 0.0905. The summed E-state index contributed by atoms with van der Waals surface area (Å²) < 4.78 is 26.6. The fourth-order valence-electron chi connectivity index (χ4n) is 3.79. The van der Waals surface area contributed by atoms with Gasteiger partial charge in [-0.15, -0.1) is 0 Å². The Balaban J connectivity index is 1.91. The topological polar surface area (TPSA) is 102 Å². The molecular formula is C20H30N4O3S. The van der Waals surface area contributed by atoms with E-state index in [4.69, 9.17) is 5.26 Å². The van der Waals surface area contributed by atoms with E-state index in [1.165, 1.54) is 30.7 Å². The van der Waals surface area contributed by atoms with Crippen molar-refractivity contribution in [1.82, 2.24) is 14.9 Å². The number of likely N-dealkylation sites (tertiary alicyclic amines) is 1. The third-order valence-corrected chi connectivity index (χ3v) is 6.29. The normalized spacial score (nSPS) is 21.6. The lowest BCUT2D eigenvalue weighted by atomic mass is 9.92. The van der Waals surface area contributed by atoms with Crippen molar-refractivity contribution >= 4 is 15.9 Å². The number of piperidine rings is 1. The summed E-state index contributed by atoms with van der Waals surface area (Å²) >= 11 is 0. The minimum Gasteiger partial charge on any atom is -0.348 e. The van der Waals surface area contributed by atoms with Gasteiger partial charge < -0.3 is 10.2 Å². The Morgan fingerprint density at radius 2 is 1.86 bits per heavy atom. The van der Waals surface area contributed by atoms with E-state index in [-0.39, 0.29) is 29.8 Å². The van der Waals surface area contributed by atoms with Gasteiger partial charge in [0.2, 0.25) is 10.0 Å². The lowest BCUT2D eigenvalue weighted by Crippen LogP contribution is -2.47. The predicted octanol–water partition coefficient (Wildman–Crippen LogP) is 1.97. The fraction of sp³-hybridized carbons (Fsp3) is 0.600. The van der Waals surface area contributed by atoms with Crippen LogP contribution in [0.5, 0.6) is 0 Å². The number of rotatable bonds is 8. The average molecular weight is 407 g/mol. The molecule has 0 bridgehead atoms. The first-order valence-corrected chi connectivity index (χ1v) is 11.2. The standard InChI is InChI=1S/C20H30N4O3S/c1-15-11-16(2)13-24(12-15)14-17(3)23-20(25)18-5-7-19(8-6-18)28(26,27)22-10-4-9-21/h5-8,15-17,22H,4,10-14H2,1-3H3,(H,23,25). The van der Waals surface area contributed by atoms with Gasteiger partial charge in [0, 0.05) is 44.2 Å². The number of amides is 1. The zero-order valence-electron chi connectivity index (χ0n) is 16.8. The Morgan fingerprint density at radius 3 is 2.43 bits per heavy atom. The van der Waals surface area contributed by atoms with Crippen molar-refractivity contribution in [2.45, 2.75) is 44.6 Å². The van der Waals surface area contributed by atoms with Crippen molar-refractivity contribution < 1.29 is 13.2 Å². The van der Waals surface area contributed by atoms with Gasteiger partial charge in [-0.3, -0.25) is 4.79 Å². The zero-order chi connectivity index (χ0) is 20.7. The average Bonchev–Trinajstić information content (AvgIpc) is 2.61. The molecule has 0 aromatic heterocycles. The molecule has 1 saturated heterocycles. The summed E-state index contributed by atoms with van der Waals surface area (Å²) in [6, 6.07) is 7.71. The van der Waals surface area contributed by atoms with Crippen LogP contribution in [-0.4, -0.2) is 51.4 Å². The van der Waals surface area contributed by atoms with Crippen LogP contribution in [0.3, 0.4) is 0 Å². The SMILES string of the molecule is CC1CC(C)CN(CC(C)NC(=O)c2ccc(S(=O)(=O)NCCC#N)cc2)C1. The van der Waals surface area contributed by atoms with Crippen LogP contribution in [0.2, 0.25) is 0 Å². The molecule has 7 nitrogen and oxygen atoms in total. The lowest BCUT2D eigenvalue weighted by Gasteiger charge is -2.36. The molecule has 0 aliphatic carbocycles. The number of sulfonamides is 1. The third kappa shape index (κ3) is 6.59. The first-order chi connectivity index (χ1) is 13.2. The highest BCUT2D eigenvalue weighted by atomic mass is 32.2. The molecule has 3 atom stereocenters. The van der Waals surface area contributed by atoms with Crippen LogP contribution >= 0.6 is 0 Å². The molecule has 3 unspecified atom stereocenters. The summed E-state index contributed by atoms with van der Waals surface area (Å²) in [6.07, 6.45) is 1.35. The molecule has 1 aromatic carbocycles. The van der Waals surface area contributed by atoms with Crippen molar-refractivity contribution in [1.29, 1.82) is 5.26 Å². The molecule has 2 rings (SSSR count). The third-order valence-electron chi connectivity index (χ3n) is 4.81. The predicted molar refractivity (Wildman–Crippen MR) is 108 cm³/mol. The second-order valence-corrected chi connectivity index (χ2v) is 9.64. The van der Waals surface area contributed by atoms with Gasteiger partial charge >= 0.3 is 0 Å². The Bertz CT molecular complexity index is 792. The van der Waals surface area contributed by atoms with Crippen molar-refractivity contribution in [3.63, 3.8) is 0 Å². The van der Waals surface area contributed by atoms with Crippen molar-refractivity contribution in [3.05, 3.63) is 29.8 Å². The van der Waals surface area contributed by atoms with Gasteiger partial charge in [-0.25, -0.2) is 13.1 Å². The monoisotopic (exact) mass is 406 g/mol. The largest absolute Gasteiger partial charge is 0.348 e. The number of nitriles is 1. The number of benzene rings is 1. The summed E-state index contributed by atoms with van der Waals surface area (Å²) in [4.78, 5) is 14.9. The minimum absolute atomic E-state index is 0.000979. The number of hydrogen-bond donors (Lipinski definition) is 2. The van der Waals surface area contributed by atoms with E-state index in [0.29, 0.717) is 17.4 Å². The summed E-state index contributed by atoms with van der Waals surface area (Å²) in [5.74, 6) is 1.12. The summed E-state index contributed by atoms with van der Waals surface area (Å²) in [5, 5.41) is 11.5. The smallest absolute Gasteiger partial charge is 0.251 e. The second-order valence-electron chi connectivity index (χ2n) is 7.87. The molecule has 28 heavy (non-hydrogen) atoms. The van der Waals surface area contributed by atoms with E-state index in [9.17, 15) is 13.2 Å². The van der Waals surface area contributed by atoms with E-state index in [1.807, 2.05) is 13.0 Å². The molecule has 8 heteroatoms. The number of carbonyl (C=O) groups is 1. The number of carbonyl (C=O) groups excluding carboxylic acids is 1. The van der Waals surface area contributed by atoms with Crippen LogP contribution < -0.4 is 10.0 Å². The second kappa shape index (κ2) is 10.0. The Hall–Kier alpha value is -1.95. The van der Waals surface area contributed by atoms with Gasteiger partial charge in [-0.05, 0) is 49.4 Å². The maximum atomic E-state index is 12.5. The molecule has 1 fully saturated rings. The highest BCUT2D eigenvalue weighted by molar-refractivity contribution is 7.89. The molecule has 2 N–H and O–H groups in total. The Morgan fingerprint density at radius 1 is 1.25 bits per heavy atom. The van der Waals surface area contributed by atoms with Gasteiger partial charge in [-0.1, -0.05) is 13.8 Å². The summed E-state index contributed by atoms with van der Waals surface area (Å²) in [7, 11) is -3.67. The van der Waals surface area contributed by atoms with Crippen molar-refractivity contribution in [2.75, 3.05) is 26.2 Å². The molecule has 154 valence electrons. The van der Waals surface area contributed by atoms with Gasteiger partial charge in [0.1, 0.15) is 0 Å². The maximum absolute atomic E-state index is 12.5. The summed E-state index contributed by atoms with van der Waals surface area (Å²) in [5.41, 5.74) is 0.420. The van der Waals surface area contributed by atoms with E-state index in [1.54, 1.807) is 0 Å². The highest BCUT2D eigenvalue weighted by Gasteiger charge is 2.23. The number of nitrogens with one attached hydrogen (secondary N) is 2. The van der Waals surface area contributed by atoms with Gasteiger partial charge in [0.05, 0.1) is 11.0 Å². The quantitative estimate of drug-likeness (QED) is 0.643. The van der Waals surface area contributed by atoms with Crippen LogP contribution in [0, 0.1) is 23.2 Å². The molecule has 1 heterocycles. The van der Waals surface area contributed by atoms with Crippen LogP contribution in [0.1, 0.15) is 44.0 Å². The van der Waals surface area contributed by atoms with Crippen LogP contribution in [0.15, 0.2) is 29.2 Å². The maximum Gasteiger partial charge on any atom is 0.251 e. The molecule has 1 aliphatic heterocycles. The Labute approximate surface area is 168 Å². The molecule has 0 radical (unpaired) electrons. The van der Waals surface area contributed by atoms with Crippen LogP contribution in [-0.2, 0) is 10.0 Å². The van der Waals surface area contributed by atoms with Gasteiger partial charge in [0.15, 0.2) is 0 Å². The van der Waals surface area contributed by atoms with E-state index >= 15 is 0 Å². The molecular weight excluding hydrogens is 376 g/mol. The minimum atomic E-state index is -3.67. The molecule has 1 amide bonds. The number of nitrogens with zero attached hydrogens (tertiary/aromatic N) is 2. The molecule has 0 spiro atoms. The van der Waals surface area contributed by atoms with Crippen LogP contribution in [0.4, 0.5) is 0 Å². The van der Waals surface area contributed by atoms with Crippen molar-refractivity contribution in [3.8, 4) is 6.07 Å².